The summed E-state index contributed by atoms with van der Waals surface area (Å²) in [5.74, 6) is 1.75. The maximum Gasteiger partial charge on any atom is 0.254 e. The van der Waals surface area contributed by atoms with Crippen molar-refractivity contribution < 1.29 is 14.3 Å². The predicted molar refractivity (Wildman–Crippen MR) is 113 cm³/mol. The zero-order valence-corrected chi connectivity index (χ0v) is 17.5. The molecule has 2 saturated heterocycles. The third-order valence-electron chi connectivity index (χ3n) is 6.93. The van der Waals surface area contributed by atoms with Crippen molar-refractivity contribution in [3.63, 3.8) is 0 Å². The van der Waals surface area contributed by atoms with Gasteiger partial charge in [0.2, 0.25) is 5.91 Å². The summed E-state index contributed by atoms with van der Waals surface area (Å²) in [6, 6.07) is 8.14. The van der Waals surface area contributed by atoms with E-state index in [1.165, 1.54) is 31.2 Å². The van der Waals surface area contributed by atoms with Crippen LogP contribution in [0.1, 0.15) is 60.9 Å². The molecule has 5 nitrogen and oxygen atoms in total. The summed E-state index contributed by atoms with van der Waals surface area (Å²) in [6.45, 7) is 4.43. The van der Waals surface area contributed by atoms with Gasteiger partial charge in [0.1, 0.15) is 0 Å². The van der Waals surface area contributed by atoms with Gasteiger partial charge in [0.25, 0.3) is 5.91 Å². The minimum atomic E-state index is 0.105. The number of nitrogens with zero attached hydrogens (tertiary/aromatic N) is 2. The lowest BCUT2D eigenvalue weighted by atomic mass is 9.89. The molecule has 5 heteroatoms. The van der Waals surface area contributed by atoms with Gasteiger partial charge in [0.15, 0.2) is 0 Å². The molecule has 29 heavy (non-hydrogen) atoms. The molecule has 0 atom stereocenters. The van der Waals surface area contributed by atoms with Gasteiger partial charge in [0, 0.05) is 38.2 Å². The van der Waals surface area contributed by atoms with Crippen molar-refractivity contribution in [3.05, 3.63) is 35.4 Å². The molecule has 0 unspecified atom stereocenters. The van der Waals surface area contributed by atoms with Crippen LogP contribution in [0.3, 0.4) is 0 Å². The van der Waals surface area contributed by atoms with E-state index in [9.17, 15) is 9.59 Å². The highest BCUT2D eigenvalue weighted by atomic mass is 16.5. The molecular weight excluding hydrogens is 364 g/mol. The van der Waals surface area contributed by atoms with Crippen LogP contribution in [0.25, 0.3) is 0 Å². The Morgan fingerprint density at radius 3 is 2.14 bits per heavy atom. The summed E-state index contributed by atoms with van der Waals surface area (Å²) in [4.78, 5) is 29.1. The number of rotatable bonds is 5. The third kappa shape index (κ3) is 5.39. The summed E-state index contributed by atoms with van der Waals surface area (Å²) in [7, 11) is 0. The lowest BCUT2D eigenvalue weighted by Gasteiger charge is -2.33. The molecule has 4 rings (SSSR count). The minimum absolute atomic E-state index is 0.105. The SMILES string of the molecule is O=C(CC1CCCC1)N1CCC(Cc2ccc(C(=O)N3CCOCC3)cc2)CC1. The molecule has 2 aliphatic heterocycles. The van der Waals surface area contributed by atoms with Gasteiger partial charge < -0.3 is 14.5 Å². The van der Waals surface area contributed by atoms with Crippen LogP contribution in [0, 0.1) is 11.8 Å². The minimum Gasteiger partial charge on any atom is -0.378 e. The van der Waals surface area contributed by atoms with Crippen molar-refractivity contribution in [2.75, 3.05) is 39.4 Å². The number of carbonyl (C=O) groups is 2. The largest absolute Gasteiger partial charge is 0.378 e. The maximum atomic E-state index is 12.6. The Labute approximate surface area is 174 Å². The van der Waals surface area contributed by atoms with Crippen LogP contribution in [-0.4, -0.2) is 61.0 Å². The molecule has 0 aromatic heterocycles. The average Bonchev–Trinajstić information content (AvgIpc) is 3.28. The Hall–Kier alpha value is -1.88. The molecule has 1 aromatic carbocycles. The lowest BCUT2D eigenvalue weighted by Crippen LogP contribution is -2.40. The Balaban J connectivity index is 1.23. The first kappa shape index (κ1) is 20.4. The molecule has 158 valence electrons. The predicted octanol–water partition coefficient (Wildman–Crippen LogP) is 3.52. The number of amides is 2. The number of benzene rings is 1. The zero-order chi connectivity index (χ0) is 20.1. The third-order valence-corrected chi connectivity index (χ3v) is 6.93. The first-order valence-electron chi connectivity index (χ1n) is 11.4. The van der Waals surface area contributed by atoms with Crippen molar-refractivity contribution >= 4 is 11.8 Å². The molecule has 0 bridgehead atoms. The number of piperidine rings is 1. The van der Waals surface area contributed by atoms with E-state index in [2.05, 4.69) is 17.0 Å². The second kappa shape index (κ2) is 9.75. The number of likely N-dealkylation sites (tertiary alicyclic amines) is 1. The highest BCUT2D eigenvalue weighted by Gasteiger charge is 2.26. The topological polar surface area (TPSA) is 49.9 Å². The van der Waals surface area contributed by atoms with Crippen molar-refractivity contribution in [2.45, 2.75) is 51.4 Å². The number of hydrogen-bond donors (Lipinski definition) is 0. The molecule has 1 saturated carbocycles. The van der Waals surface area contributed by atoms with Gasteiger partial charge >= 0.3 is 0 Å². The molecule has 3 fully saturated rings. The monoisotopic (exact) mass is 398 g/mol. The van der Waals surface area contributed by atoms with Gasteiger partial charge in [-0.2, -0.15) is 0 Å². The highest BCUT2D eigenvalue weighted by Crippen LogP contribution is 2.29. The van der Waals surface area contributed by atoms with E-state index in [0.717, 1.165) is 44.3 Å². The van der Waals surface area contributed by atoms with Crippen molar-refractivity contribution in [1.29, 1.82) is 0 Å². The molecule has 0 radical (unpaired) electrons. The summed E-state index contributed by atoms with van der Waals surface area (Å²) < 4.78 is 5.33. The number of ether oxygens (including phenoxy) is 1. The molecular formula is C24H34N2O3. The van der Waals surface area contributed by atoms with E-state index in [0.29, 0.717) is 44.0 Å². The van der Waals surface area contributed by atoms with E-state index in [4.69, 9.17) is 4.74 Å². The van der Waals surface area contributed by atoms with Crippen molar-refractivity contribution in [2.24, 2.45) is 11.8 Å². The van der Waals surface area contributed by atoms with Gasteiger partial charge in [-0.15, -0.1) is 0 Å². The summed E-state index contributed by atoms with van der Waals surface area (Å²) in [5.41, 5.74) is 2.06. The quantitative estimate of drug-likeness (QED) is 0.763. The molecule has 2 heterocycles. The van der Waals surface area contributed by atoms with Gasteiger partial charge in [0.05, 0.1) is 13.2 Å². The van der Waals surface area contributed by atoms with Gasteiger partial charge in [-0.05, 0) is 61.6 Å². The molecule has 0 N–H and O–H groups in total. The normalized spacial score (nSPS) is 21.5. The molecule has 1 aliphatic carbocycles. The zero-order valence-electron chi connectivity index (χ0n) is 17.5. The number of carbonyl (C=O) groups excluding carboxylic acids is 2. The Morgan fingerprint density at radius 2 is 1.48 bits per heavy atom. The van der Waals surface area contributed by atoms with Crippen molar-refractivity contribution in [3.8, 4) is 0 Å². The lowest BCUT2D eigenvalue weighted by molar-refractivity contribution is -0.133. The van der Waals surface area contributed by atoms with Crippen LogP contribution in [0.2, 0.25) is 0 Å². The fourth-order valence-electron chi connectivity index (χ4n) is 5.04. The van der Waals surface area contributed by atoms with E-state index >= 15 is 0 Å². The number of morpholine rings is 1. The molecule has 0 spiro atoms. The first-order valence-corrected chi connectivity index (χ1v) is 11.4. The summed E-state index contributed by atoms with van der Waals surface area (Å²) in [6.07, 6.45) is 9.07. The van der Waals surface area contributed by atoms with Crippen LogP contribution >= 0.6 is 0 Å². The van der Waals surface area contributed by atoms with Gasteiger partial charge in [-0.1, -0.05) is 25.0 Å². The smallest absolute Gasteiger partial charge is 0.254 e. The Kier molecular flexibility index (Phi) is 6.86. The van der Waals surface area contributed by atoms with E-state index in [1.807, 2.05) is 17.0 Å². The standard InChI is InChI=1S/C24H34N2O3/c27-23(18-19-3-1-2-4-19)25-11-9-21(10-12-25)17-20-5-7-22(8-6-20)24(28)26-13-15-29-16-14-26/h5-8,19,21H,1-4,9-18H2. The molecule has 3 aliphatic rings. The van der Waals surface area contributed by atoms with E-state index in [1.54, 1.807) is 0 Å². The van der Waals surface area contributed by atoms with E-state index < -0.39 is 0 Å². The Bertz CT molecular complexity index is 683. The van der Waals surface area contributed by atoms with Crippen molar-refractivity contribution in [1.82, 2.24) is 9.80 Å². The van der Waals surface area contributed by atoms with Crippen LogP contribution in [0.4, 0.5) is 0 Å². The molecule has 1 aromatic rings. The van der Waals surface area contributed by atoms with Crippen LogP contribution in [0.5, 0.6) is 0 Å². The maximum absolute atomic E-state index is 12.6. The average molecular weight is 399 g/mol. The van der Waals surface area contributed by atoms with Crippen LogP contribution in [-0.2, 0) is 16.0 Å². The highest BCUT2D eigenvalue weighted by molar-refractivity contribution is 5.94. The fourth-order valence-corrected chi connectivity index (χ4v) is 5.04. The molecule has 2 amide bonds. The van der Waals surface area contributed by atoms with Crippen LogP contribution < -0.4 is 0 Å². The second-order valence-corrected chi connectivity index (χ2v) is 8.98. The second-order valence-electron chi connectivity index (χ2n) is 8.98. The van der Waals surface area contributed by atoms with Gasteiger partial charge in [-0.3, -0.25) is 9.59 Å². The summed E-state index contributed by atoms with van der Waals surface area (Å²) >= 11 is 0. The van der Waals surface area contributed by atoms with E-state index in [-0.39, 0.29) is 5.91 Å². The van der Waals surface area contributed by atoms with Crippen LogP contribution in [0.15, 0.2) is 24.3 Å². The summed E-state index contributed by atoms with van der Waals surface area (Å²) in [5, 5.41) is 0. The first-order chi connectivity index (χ1) is 14.2. The fraction of sp³-hybridized carbons (Fsp3) is 0.667. The Morgan fingerprint density at radius 1 is 0.828 bits per heavy atom. The number of hydrogen-bond acceptors (Lipinski definition) is 3. The van der Waals surface area contributed by atoms with Gasteiger partial charge in [-0.25, -0.2) is 0 Å².